The van der Waals surface area contributed by atoms with Gasteiger partial charge in [0.15, 0.2) is 0 Å². The Bertz CT molecular complexity index is 288. The number of nitrogens with zero attached hydrogens (tertiary/aromatic N) is 1. The summed E-state index contributed by atoms with van der Waals surface area (Å²) in [6, 6.07) is 0. The smallest absolute Gasteiger partial charge is 0.212 e. The topological polar surface area (TPSA) is 37.4 Å². The van der Waals surface area contributed by atoms with Gasteiger partial charge in [-0.05, 0) is 38.0 Å². The molecule has 1 saturated carbocycles. The molecule has 0 aromatic heterocycles. The van der Waals surface area contributed by atoms with E-state index < -0.39 is 10.0 Å². The second-order valence-corrected chi connectivity index (χ2v) is 6.98. The standard InChI is InChI=1S/C11H22ClNO2S/c1-2-8-13(10-11-5-6-11)16(14,15)9-4-3-7-12/h11H,2-10H2,1H3. The monoisotopic (exact) mass is 267 g/mol. The second-order valence-electron chi connectivity index (χ2n) is 4.51. The summed E-state index contributed by atoms with van der Waals surface area (Å²) in [5, 5.41) is 0. The Balaban J connectivity index is 2.45. The first kappa shape index (κ1) is 14.3. The number of alkyl halides is 1. The van der Waals surface area contributed by atoms with Crippen LogP contribution in [0.2, 0.25) is 0 Å². The Morgan fingerprint density at radius 3 is 2.50 bits per heavy atom. The molecule has 1 aliphatic rings. The third kappa shape index (κ3) is 5.02. The largest absolute Gasteiger partial charge is 0.214 e. The first-order valence-electron chi connectivity index (χ1n) is 6.14. The molecule has 5 heteroatoms. The van der Waals surface area contributed by atoms with Gasteiger partial charge in [0.25, 0.3) is 0 Å². The lowest BCUT2D eigenvalue weighted by molar-refractivity contribution is 0.395. The van der Waals surface area contributed by atoms with E-state index in [0.29, 0.717) is 24.8 Å². The Morgan fingerprint density at radius 2 is 2.00 bits per heavy atom. The lowest BCUT2D eigenvalue weighted by Crippen LogP contribution is -2.35. The van der Waals surface area contributed by atoms with E-state index in [1.165, 1.54) is 12.8 Å². The van der Waals surface area contributed by atoms with E-state index in [1.54, 1.807) is 4.31 Å². The molecule has 0 aliphatic heterocycles. The van der Waals surface area contributed by atoms with E-state index in [2.05, 4.69) is 0 Å². The summed E-state index contributed by atoms with van der Waals surface area (Å²) in [6.07, 6.45) is 4.73. The number of sulfonamides is 1. The Morgan fingerprint density at radius 1 is 1.31 bits per heavy atom. The number of unbranched alkanes of at least 4 members (excludes halogenated alkanes) is 1. The molecule has 1 fully saturated rings. The molecule has 0 unspecified atom stereocenters. The van der Waals surface area contributed by atoms with Crippen LogP contribution in [0.1, 0.15) is 39.0 Å². The van der Waals surface area contributed by atoms with Crippen LogP contribution in [-0.2, 0) is 10.0 Å². The Labute approximate surface area is 104 Å². The van der Waals surface area contributed by atoms with Crippen molar-refractivity contribution in [2.45, 2.75) is 39.0 Å². The molecule has 96 valence electrons. The van der Waals surface area contributed by atoms with Gasteiger partial charge in [0.1, 0.15) is 0 Å². The number of rotatable bonds is 9. The molecule has 0 N–H and O–H groups in total. The van der Waals surface area contributed by atoms with Gasteiger partial charge >= 0.3 is 0 Å². The van der Waals surface area contributed by atoms with Crippen LogP contribution in [0.5, 0.6) is 0 Å². The lowest BCUT2D eigenvalue weighted by Gasteiger charge is -2.21. The molecule has 0 atom stereocenters. The first-order chi connectivity index (χ1) is 7.60. The summed E-state index contributed by atoms with van der Waals surface area (Å²) >= 11 is 5.56. The highest BCUT2D eigenvalue weighted by molar-refractivity contribution is 7.89. The van der Waals surface area contributed by atoms with E-state index in [1.807, 2.05) is 6.92 Å². The molecular formula is C11H22ClNO2S. The van der Waals surface area contributed by atoms with Crippen LogP contribution in [0.3, 0.4) is 0 Å². The van der Waals surface area contributed by atoms with Crippen molar-refractivity contribution < 1.29 is 8.42 Å². The van der Waals surface area contributed by atoms with Gasteiger partial charge in [-0.3, -0.25) is 0 Å². The van der Waals surface area contributed by atoms with Crippen LogP contribution in [-0.4, -0.2) is 37.4 Å². The maximum atomic E-state index is 12.0. The fourth-order valence-corrected chi connectivity index (χ4v) is 3.60. The van der Waals surface area contributed by atoms with Gasteiger partial charge in [0, 0.05) is 19.0 Å². The molecule has 0 spiro atoms. The van der Waals surface area contributed by atoms with Crippen molar-refractivity contribution in [2.24, 2.45) is 5.92 Å². The van der Waals surface area contributed by atoms with Crippen LogP contribution in [0.15, 0.2) is 0 Å². The second kappa shape index (κ2) is 6.82. The first-order valence-corrected chi connectivity index (χ1v) is 8.28. The van der Waals surface area contributed by atoms with Crippen molar-refractivity contribution in [2.75, 3.05) is 24.7 Å². The fraction of sp³-hybridized carbons (Fsp3) is 1.00. The average Bonchev–Trinajstić information content (AvgIpc) is 3.01. The molecular weight excluding hydrogens is 246 g/mol. The maximum absolute atomic E-state index is 12.0. The molecule has 0 saturated heterocycles. The van der Waals surface area contributed by atoms with Crippen LogP contribution in [0.25, 0.3) is 0 Å². The van der Waals surface area contributed by atoms with Crippen molar-refractivity contribution in [1.29, 1.82) is 0 Å². The van der Waals surface area contributed by atoms with Crippen LogP contribution >= 0.6 is 11.6 Å². The fourth-order valence-electron chi connectivity index (χ4n) is 1.69. The summed E-state index contributed by atoms with van der Waals surface area (Å²) in [6.45, 7) is 3.42. The van der Waals surface area contributed by atoms with Gasteiger partial charge in [0.05, 0.1) is 5.75 Å². The van der Waals surface area contributed by atoms with Crippen LogP contribution in [0.4, 0.5) is 0 Å². The molecule has 0 amide bonds. The van der Waals surface area contributed by atoms with Crippen molar-refractivity contribution in [3.05, 3.63) is 0 Å². The predicted octanol–water partition coefficient (Wildman–Crippen LogP) is 2.46. The summed E-state index contributed by atoms with van der Waals surface area (Å²) in [4.78, 5) is 0. The molecule has 0 bridgehead atoms. The Kier molecular flexibility index (Phi) is 6.08. The highest BCUT2D eigenvalue weighted by Gasteiger charge is 2.29. The molecule has 0 aromatic carbocycles. The molecule has 3 nitrogen and oxygen atoms in total. The van der Waals surface area contributed by atoms with E-state index in [9.17, 15) is 8.42 Å². The maximum Gasteiger partial charge on any atom is 0.214 e. The minimum atomic E-state index is -3.04. The van der Waals surface area contributed by atoms with Crippen molar-refractivity contribution in [3.8, 4) is 0 Å². The van der Waals surface area contributed by atoms with Crippen LogP contribution in [0, 0.1) is 5.92 Å². The third-order valence-corrected chi connectivity index (χ3v) is 5.00. The van der Waals surface area contributed by atoms with Crippen molar-refractivity contribution >= 4 is 21.6 Å². The zero-order valence-electron chi connectivity index (χ0n) is 9.99. The lowest BCUT2D eigenvalue weighted by atomic mass is 10.4. The quantitative estimate of drug-likeness (QED) is 0.475. The van der Waals surface area contributed by atoms with E-state index in [-0.39, 0.29) is 5.75 Å². The van der Waals surface area contributed by atoms with Gasteiger partial charge < -0.3 is 0 Å². The number of halogens is 1. The Hall–Kier alpha value is 0.200. The summed E-state index contributed by atoms with van der Waals surface area (Å²) in [5.41, 5.74) is 0. The summed E-state index contributed by atoms with van der Waals surface area (Å²) < 4.78 is 25.8. The van der Waals surface area contributed by atoms with Crippen molar-refractivity contribution in [1.82, 2.24) is 4.31 Å². The molecule has 16 heavy (non-hydrogen) atoms. The number of hydrogen-bond donors (Lipinski definition) is 0. The van der Waals surface area contributed by atoms with Gasteiger partial charge in [0.2, 0.25) is 10.0 Å². The van der Waals surface area contributed by atoms with Crippen LogP contribution < -0.4 is 0 Å². The highest BCUT2D eigenvalue weighted by Crippen LogP contribution is 2.30. The zero-order chi connectivity index (χ0) is 12.0. The molecule has 1 rings (SSSR count). The minimum Gasteiger partial charge on any atom is -0.212 e. The third-order valence-electron chi connectivity index (χ3n) is 2.81. The van der Waals surface area contributed by atoms with E-state index >= 15 is 0 Å². The summed E-state index contributed by atoms with van der Waals surface area (Å²) in [5.74, 6) is 1.42. The normalized spacial score (nSPS) is 16.9. The molecule has 1 aliphatic carbocycles. The van der Waals surface area contributed by atoms with E-state index in [0.717, 1.165) is 19.4 Å². The zero-order valence-corrected chi connectivity index (χ0v) is 11.6. The SMILES string of the molecule is CCCN(CC1CC1)S(=O)(=O)CCCCCl. The molecule has 0 radical (unpaired) electrons. The van der Waals surface area contributed by atoms with Gasteiger partial charge in [-0.25, -0.2) is 12.7 Å². The van der Waals surface area contributed by atoms with Crippen molar-refractivity contribution in [3.63, 3.8) is 0 Å². The van der Waals surface area contributed by atoms with E-state index in [4.69, 9.17) is 11.6 Å². The minimum absolute atomic E-state index is 0.256. The summed E-state index contributed by atoms with van der Waals surface area (Å²) in [7, 11) is -3.04. The predicted molar refractivity (Wildman–Crippen MR) is 68.3 cm³/mol. The average molecular weight is 268 g/mol. The number of hydrogen-bond acceptors (Lipinski definition) is 2. The van der Waals surface area contributed by atoms with Gasteiger partial charge in [-0.2, -0.15) is 0 Å². The molecule has 0 heterocycles. The van der Waals surface area contributed by atoms with Gasteiger partial charge in [-0.15, -0.1) is 11.6 Å². The van der Waals surface area contributed by atoms with Gasteiger partial charge in [-0.1, -0.05) is 6.92 Å². The molecule has 0 aromatic rings. The highest BCUT2D eigenvalue weighted by atomic mass is 35.5.